The van der Waals surface area contributed by atoms with Gasteiger partial charge >= 0.3 is 0 Å². The lowest BCUT2D eigenvalue weighted by molar-refractivity contribution is -0.0336. The Morgan fingerprint density at radius 1 is 1.59 bits per heavy atom. The molecule has 3 nitrogen and oxygen atoms in total. The number of hydrogen-bond donors (Lipinski definition) is 1. The van der Waals surface area contributed by atoms with Gasteiger partial charge in [-0.15, -0.1) is 11.3 Å². The largest absolute Gasteiger partial charge is 0.379 e. The molecule has 2 rings (SSSR count). The Kier molecular flexibility index (Phi) is 4.56. The van der Waals surface area contributed by atoms with Crippen LogP contribution in [0.4, 0.5) is 0 Å². The Hall–Kier alpha value is -0.420. The molecule has 1 saturated heterocycles. The van der Waals surface area contributed by atoms with Crippen molar-refractivity contribution < 1.29 is 4.74 Å². The van der Waals surface area contributed by atoms with Crippen molar-refractivity contribution in [2.45, 2.75) is 24.8 Å². The van der Waals surface area contributed by atoms with Gasteiger partial charge in [-0.2, -0.15) is 0 Å². The molecule has 0 radical (unpaired) electrons. The Balaban J connectivity index is 1.90. The van der Waals surface area contributed by atoms with Crippen LogP contribution in [0.1, 0.15) is 17.7 Å². The number of nitrogens with zero attached hydrogens (tertiary/aromatic N) is 1. The van der Waals surface area contributed by atoms with E-state index in [1.165, 1.54) is 4.88 Å². The monoisotopic (exact) mass is 254 g/mol. The zero-order chi connectivity index (χ0) is 12.1. The standard InChI is InChI=1S/C13H22N2OS/c1-15(7-5-12-4-2-9-17-12)13(10-14)6-3-8-16-11-13/h2,4,9H,3,5-8,10-11,14H2,1H3. The molecule has 1 aromatic rings. The van der Waals surface area contributed by atoms with Gasteiger partial charge in [0.05, 0.1) is 12.1 Å². The fourth-order valence-corrected chi connectivity index (χ4v) is 3.12. The van der Waals surface area contributed by atoms with Crippen molar-refractivity contribution in [2.75, 3.05) is 33.4 Å². The third kappa shape index (κ3) is 3.07. The zero-order valence-corrected chi connectivity index (χ0v) is 11.3. The molecule has 0 amide bonds. The molecule has 0 saturated carbocycles. The predicted molar refractivity (Wildman–Crippen MR) is 72.5 cm³/mol. The lowest BCUT2D eigenvalue weighted by atomic mass is 9.90. The summed E-state index contributed by atoms with van der Waals surface area (Å²) in [7, 11) is 2.18. The number of ether oxygens (including phenoxy) is 1. The molecule has 1 fully saturated rings. The average Bonchev–Trinajstić information content (AvgIpc) is 2.90. The first-order valence-electron chi connectivity index (χ1n) is 6.28. The van der Waals surface area contributed by atoms with Gasteiger partial charge in [-0.3, -0.25) is 4.90 Å². The van der Waals surface area contributed by atoms with Gasteiger partial charge in [0.25, 0.3) is 0 Å². The molecule has 0 bridgehead atoms. The fourth-order valence-electron chi connectivity index (χ4n) is 2.43. The van der Waals surface area contributed by atoms with Crippen molar-refractivity contribution in [2.24, 2.45) is 5.73 Å². The fraction of sp³-hybridized carbons (Fsp3) is 0.692. The molecule has 2 heterocycles. The van der Waals surface area contributed by atoms with Gasteiger partial charge in [0, 0.05) is 24.6 Å². The van der Waals surface area contributed by atoms with E-state index in [1.807, 2.05) is 11.3 Å². The Bertz CT molecular complexity index is 320. The second-order valence-corrected chi connectivity index (χ2v) is 5.87. The number of rotatable bonds is 5. The third-order valence-corrected chi connectivity index (χ3v) is 4.70. The number of likely N-dealkylation sites (N-methyl/N-ethyl adjacent to an activating group) is 1. The molecule has 2 N–H and O–H groups in total. The number of thiophene rings is 1. The maximum atomic E-state index is 5.97. The first kappa shape index (κ1) is 13.0. The normalized spacial score (nSPS) is 25.4. The molecule has 0 spiro atoms. The quantitative estimate of drug-likeness (QED) is 0.869. The summed E-state index contributed by atoms with van der Waals surface area (Å²) in [5.41, 5.74) is 6.03. The van der Waals surface area contributed by atoms with Crippen LogP contribution in [0.2, 0.25) is 0 Å². The van der Waals surface area contributed by atoms with E-state index in [1.54, 1.807) is 0 Å². The first-order valence-corrected chi connectivity index (χ1v) is 7.16. The summed E-state index contributed by atoms with van der Waals surface area (Å²) in [5.74, 6) is 0. The predicted octanol–water partition coefficient (Wildman–Crippen LogP) is 1.73. The topological polar surface area (TPSA) is 38.5 Å². The summed E-state index contributed by atoms with van der Waals surface area (Å²) in [6.07, 6.45) is 3.39. The molecule has 4 heteroatoms. The van der Waals surface area contributed by atoms with Crippen molar-refractivity contribution in [3.8, 4) is 0 Å². The van der Waals surface area contributed by atoms with Gasteiger partial charge in [0.1, 0.15) is 0 Å². The first-order chi connectivity index (χ1) is 8.27. The van der Waals surface area contributed by atoms with Gasteiger partial charge in [0.2, 0.25) is 0 Å². The molecular weight excluding hydrogens is 232 g/mol. The van der Waals surface area contributed by atoms with Crippen molar-refractivity contribution in [3.63, 3.8) is 0 Å². The number of nitrogens with two attached hydrogens (primary N) is 1. The van der Waals surface area contributed by atoms with E-state index < -0.39 is 0 Å². The highest BCUT2D eigenvalue weighted by atomic mass is 32.1. The average molecular weight is 254 g/mol. The van der Waals surface area contributed by atoms with Crippen molar-refractivity contribution >= 4 is 11.3 Å². The minimum Gasteiger partial charge on any atom is -0.379 e. The maximum Gasteiger partial charge on any atom is 0.0662 e. The van der Waals surface area contributed by atoms with E-state index in [4.69, 9.17) is 10.5 Å². The lowest BCUT2D eigenvalue weighted by Gasteiger charge is -2.43. The van der Waals surface area contributed by atoms with Gasteiger partial charge in [0.15, 0.2) is 0 Å². The summed E-state index contributed by atoms with van der Waals surface area (Å²) in [6, 6.07) is 4.31. The van der Waals surface area contributed by atoms with Crippen molar-refractivity contribution in [1.29, 1.82) is 0 Å². The smallest absolute Gasteiger partial charge is 0.0662 e. The highest BCUT2D eigenvalue weighted by Gasteiger charge is 2.35. The SMILES string of the molecule is CN(CCc1cccs1)C1(CN)CCCOC1. The molecule has 0 aromatic carbocycles. The number of hydrogen-bond acceptors (Lipinski definition) is 4. The Labute approximate surface area is 108 Å². The molecule has 17 heavy (non-hydrogen) atoms. The summed E-state index contributed by atoms with van der Waals surface area (Å²) in [6.45, 7) is 3.42. The molecule has 1 unspecified atom stereocenters. The van der Waals surface area contributed by atoms with E-state index in [0.29, 0.717) is 6.54 Å². The minimum absolute atomic E-state index is 0.0650. The van der Waals surface area contributed by atoms with E-state index in [-0.39, 0.29) is 5.54 Å². The molecule has 1 atom stereocenters. The lowest BCUT2D eigenvalue weighted by Crippen LogP contribution is -2.57. The second-order valence-electron chi connectivity index (χ2n) is 4.84. The van der Waals surface area contributed by atoms with Crippen LogP contribution in [0.5, 0.6) is 0 Å². The van der Waals surface area contributed by atoms with Crippen LogP contribution < -0.4 is 5.73 Å². The van der Waals surface area contributed by atoms with Gasteiger partial charge < -0.3 is 10.5 Å². The molecule has 1 aliphatic heterocycles. The summed E-state index contributed by atoms with van der Waals surface area (Å²) in [4.78, 5) is 3.84. The highest BCUT2D eigenvalue weighted by Crippen LogP contribution is 2.24. The van der Waals surface area contributed by atoms with Crippen molar-refractivity contribution in [1.82, 2.24) is 4.90 Å². The Morgan fingerprint density at radius 3 is 3.06 bits per heavy atom. The van der Waals surface area contributed by atoms with Crippen LogP contribution in [0.25, 0.3) is 0 Å². The second kappa shape index (κ2) is 5.96. The summed E-state index contributed by atoms with van der Waals surface area (Å²) < 4.78 is 5.62. The Morgan fingerprint density at radius 2 is 2.47 bits per heavy atom. The van der Waals surface area contributed by atoms with Gasteiger partial charge in [-0.05, 0) is 37.8 Å². The van der Waals surface area contributed by atoms with Crippen LogP contribution in [-0.2, 0) is 11.2 Å². The van der Waals surface area contributed by atoms with Crippen LogP contribution in [0, 0.1) is 0 Å². The molecule has 1 aromatic heterocycles. The summed E-state index contributed by atoms with van der Waals surface area (Å²) >= 11 is 1.83. The van der Waals surface area contributed by atoms with E-state index in [0.717, 1.165) is 39.0 Å². The minimum atomic E-state index is 0.0650. The molecule has 1 aliphatic rings. The van der Waals surface area contributed by atoms with Gasteiger partial charge in [-0.25, -0.2) is 0 Å². The van der Waals surface area contributed by atoms with Crippen LogP contribution in [-0.4, -0.2) is 43.8 Å². The van der Waals surface area contributed by atoms with Crippen LogP contribution in [0.15, 0.2) is 17.5 Å². The highest BCUT2D eigenvalue weighted by molar-refractivity contribution is 7.09. The van der Waals surface area contributed by atoms with E-state index in [9.17, 15) is 0 Å². The van der Waals surface area contributed by atoms with Crippen LogP contribution in [0.3, 0.4) is 0 Å². The molecule has 96 valence electrons. The maximum absolute atomic E-state index is 5.97. The van der Waals surface area contributed by atoms with Crippen LogP contribution >= 0.6 is 11.3 Å². The van der Waals surface area contributed by atoms with E-state index in [2.05, 4.69) is 29.5 Å². The molecular formula is C13H22N2OS. The summed E-state index contributed by atoms with van der Waals surface area (Å²) in [5, 5.41) is 2.14. The van der Waals surface area contributed by atoms with E-state index >= 15 is 0 Å². The zero-order valence-electron chi connectivity index (χ0n) is 10.5. The van der Waals surface area contributed by atoms with Gasteiger partial charge in [-0.1, -0.05) is 6.07 Å². The van der Waals surface area contributed by atoms with Crippen molar-refractivity contribution in [3.05, 3.63) is 22.4 Å². The third-order valence-electron chi connectivity index (χ3n) is 3.76. The molecule has 0 aliphatic carbocycles.